The highest BCUT2D eigenvalue weighted by atomic mass is 32.1. The zero-order chi connectivity index (χ0) is 17.9. The Labute approximate surface area is 155 Å². The highest BCUT2D eigenvalue weighted by molar-refractivity contribution is 7.13. The molecule has 1 aliphatic heterocycles. The molecular formula is C19H19FN4OS. The maximum Gasteiger partial charge on any atom is 0.274 e. The number of hydrogen-bond donors (Lipinski definition) is 1. The summed E-state index contributed by atoms with van der Waals surface area (Å²) in [6.45, 7) is 3.53. The number of H-pyrrole nitrogens is 1. The Morgan fingerprint density at radius 3 is 2.73 bits per heavy atom. The van der Waals surface area contributed by atoms with Crippen molar-refractivity contribution in [1.29, 1.82) is 0 Å². The summed E-state index contributed by atoms with van der Waals surface area (Å²) in [5, 5.41) is 9.12. The van der Waals surface area contributed by atoms with Gasteiger partial charge in [-0.1, -0.05) is 18.2 Å². The van der Waals surface area contributed by atoms with Crippen molar-refractivity contribution >= 4 is 17.2 Å². The van der Waals surface area contributed by atoms with Crippen molar-refractivity contribution < 1.29 is 9.18 Å². The lowest BCUT2D eigenvalue weighted by molar-refractivity contribution is 0.0622. The molecule has 0 spiro atoms. The van der Waals surface area contributed by atoms with Gasteiger partial charge in [-0.3, -0.25) is 14.8 Å². The van der Waals surface area contributed by atoms with Crippen LogP contribution in [-0.2, 0) is 6.54 Å². The van der Waals surface area contributed by atoms with E-state index < -0.39 is 0 Å². The fourth-order valence-electron chi connectivity index (χ4n) is 3.15. The van der Waals surface area contributed by atoms with Crippen LogP contribution in [0.1, 0.15) is 16.1 Å². The third-order valence-corrected chi connectivity index (χ3v) is 5.44. The lowest BCUT2D eigenvalue weighted by Gasteiger charge is -2.34. The number of piperazine rings is 1. The molecule has 0 atom stereocenters. The van der Waals surface area contributed by atoms with Crippen LogP contribution in [0.3, 0.4) is 0 Å². The van der Waals surface area contributed by atoms with Crippen LogP contribution >= 0.6 is 11.3 Å². The molecular weight excluding hydrogens is 351 g/mol. The largest absolute Gasteiger partial charge is 0.335 e. The molecule has 2 aromatic heterocycles. The van der Waals surface area contributed by atoms with Gasteiger partial charge in [0.2, 0.25) is 0 Å². The van der Waals surface area contributed by atoms with Gasteiger partial charge in [-0.2, -0.15) is 5.10 Å². The minimum Gasteiger partial charge on any atom is -0.335 e. The average Bonchev–Trinajstić information content (AvgIpc) is 3.33. The number of benzene rings is 1. The molecule has 0 bridgehead atoms. The summed E-state index contributed by atoms with van der Waals surface area (Å²) in [6.07, 6.45) is 0. The summed E-state index contributed by atoms with van der Waals surface area (Å²) < 4.78 is 13.3. The smallest absolute Gasteiger partial charge is 0.274 e. The Kier molecular flexibility index (Phi) is 4.81. The Hall–Kier alpha value is -2.51. The van der Waals surface area contributed by atoms with E-state index in [0.717, 1.165) is 29.2 Å². The average molecular weight is 370 g/mol. The molecule has 3 heterocycles. The Bertz CT molecular complexity index is 885. The summed E-state index contributed by atoms with van der Waals surface area (Å²) in [5.74, 6) is -0.258. The number of carbonyl (C=O) groups is 1. The minimum absolute atomic E-state index is 0.0468. The number of amides is 1. The van der Waals surface area contributed by atoms with Gasteiger partial charge in [-0.15, -0.1) is 11.3 Å². The fraction of sp³-hybridized carbons (Fsp3) is 0.263. The van der Waals surface area contributed by atoms with Crippen molar-refractivity contribution in [3.05, 3.63) is 64.9 Å². The van der Waals surface area contributed by atoms with Crippen molar-refractivity contribution in [3.63, 3.8) is 0 Å². The summed E-state index contributed by atoms with van der Waals surface area (Å²) in [4.78, 5) is 17.8. The summed E-state index contributed by atoms with van der Waals surface area (Å²) in [5.41, 5.74) is 2.28. The van der Waals surface area contributed by atoms with Gasteiger partial charge in [-0.05, 0) is 35.2 Å². The first kappa shape index (κ1) is 16.9. The van der Waals surface area contributed by atoms with Gasteiger partial charge in [0, 0.05) is 32.7 Å². The predicted molar refractivity (Wildman–Crippen MR) is 99.5 cm³/mol. The number of aromatic nitrogens is 2. The van der Waals surface area contributed by atoms with Crippen molar-refractivity contribution in [3.8, 4) is 10.6 Å². The number of hydrogen-bond acceptors (Lipinski definition) is 4. The van der Waals surface area contributed by atoms with Crippen molar-refractivity contribution in [2.45, 2.75) is 6.54 Å². The van der Waals surface area contributed by atoms with Crippen LogP contribution in [0.4, 0.5) is 4.39 Å². The molecule has 0 unspecified atom stereocenters. The maximum atomic E-state index is 13.3. The van der Waals surface area contributed by atoms with Gasteiger partial charge in [0.15, 0.2) is 5.69 Å². The molecule has 3 aromatic rings. The van der Waals surface area contributed by atoms with Crippen molar-refractivity contribution in [2.24, 2.45) is 0 Å². The molecule has 0 radical (unpaired) electrons. The molecule has 0 aliphatic carbocycles. The minimum atomic E-state index is -0.212. The first-order chi connectivity index (χ1) is 12.7. The van der Waals surface area contributed by atoms with E-state index in [1.807, 2.05) is 34.5 Å². The topological polar surface area (TPSA) is 52.2 Å². The molecule has 1 amide bonds. The molecule has 134 valence electrons. The van der Waals surface area contributed by atoms with Gasteiger partial charge in [-0.25, -0.2) is 4.39 Å². The fourth-order valence-corrected chi connectivity index (χ4v) is 3.85. The molecule has 1 saturated heterocycles. The lowest BCUT2D eigenvalue weighted by atomic mass is 10.2. The SMILES string of the molecule is O=C(c1cc(-c2cccs2)[nH]n1)N1CCN(Cc2cccc(F)c2)CC1. The van der Waals surface area contributed by atoms with Crippen LogP contribution in [0.25, 0.3) is 10.6 Å². The number of nitrogens with zero attached hydrogens (tertiary/aromatic N) is 3. The first-order valence-corrected chi connectivity index (χ1v) is 9.42. The number of carbonyl (C=O) groups excluding carboxylic acids is 1. The van der Waals surface area contributed by atoms with Gasteiger partial charge < -0.3 is 4.90 Å². The van der Waals surface area contributed by atoms with Crippen LogP contribution in [-0.4, -0.2) is 52.1 Å². The molecule has 1 aromatic carbocycles. The van der Waals surface area contributed by atoms with Crippen molar-refractivity contribution in [2.75, 3.05) is 26.2 Å². The first-order valence-electron chi connectivity index (χ1n) is 8.54. The van der Waals surface area contributed by atoms with Crippen LogP contribution < -0.4 is 0 Å². The third-order valence-electron chi connectivity index (χ3n) is 4.54. The second kappa shape index (κ2) is 7.39. The molecule has 5 nitrogen and oxygen atoms in total. The molecule has 0 saturated carbocycles. The van der Waals surface area contributed by atoms with E-state index in [1.165, 1.54) is 6.07 Å². The molecule has 1 fully saturated rings. The van der Waals surface area contributed by atoms with E-state index in [1.54, 1.807) is 23.5 Å². The zero-order valence-corrected chi connectivity index (χ0v) is 15.0. The van der Waals surface area contributed by atoms with Gasteiger partial charge >= 0.3 is 0 Å². The van der Waals surface area contributed by atoms with Crippen molar-refractivity contribution in [1.82, 2.24) is 20.0 Å². The van der Waals surface area contributed by atoms with Crippen LogP contribution in [0.5, 0.6) is 0 Å². The highest BCUT2D eigenvalue weighted by Gasteiger charge is 2.24. The summed E-state index contributed by atoms with van der Waals surface area (Å²) in [6, 6.07) is 12.5. The third kappa shape index (κ3) is 3.68. The quantitative estimate of drug-likeness (QED) is 0.767. The normalized spacial score (nSPS) is 15.3. The number of rotatable bonds is 4. The lowest BCUT2D eigenvalue weighted by Crippen LogP contribution is -2.48. The maximum absolute atomic E-state index is 13.3. The molecule has 26 heavy (non-hydrogen) atoms. The standard InChI is InChI=1S/C19H19FN4OS/c20-15-4-1-3-14(11-15)13-23-6-8-24(9-7-23)19(25)17-12-16(21-22-17)18-5-2-10-26-18/h1-5,10-12H,6-9,13H2,(H,21,22). The Morgan fingerprint density at radius 1 is 1.15 bits per heavy atom. The number of nitrogens with one attached hydrogen (secondary N) is 1. The summed E-state index contributed by atoms with van der Waals surface area (Å²) >= 11 is 1.61. The monoisotopic (exact) mass is 370 g/mol. The second-order valence-corrected chi connectivity index (χ2v) is 7.29. The number of aromatic amines is 1. The number of halogens is 1. The van der Waals surface area contributed by atoms with E-state index in [2.05, 4.69) is 15.1 Å². The molecule has 7 heteroatoms. The molecule has 4 rings (SSSR count). The van der Waals surface area contributed by atoms with E-state index in [4.69, 9.17) is 0 Å². The second-order valence-electron chi connectivity index (χ2n) is 6.34. The number of thiophene rings is 1. The van der Waals surface area contributed by atoms with Gasteiger partial charge in [0.05, 0.1) is 10.6 Å². The summed E-state index contributed by atoms with van der Waals surface area (Å²) in [7, 11) is 0. The predicted octanol–water partition coefficient (Wildman–Crippen LogP) is 3.24. The van der Waals surface area contributed by atoms with Gasteiger partial charge in [0.25, 0.3) is 5.91 Å². The zero-order valence-electron chi connectivity index (χ0n) is 14.2. The van der Waals surface area contributed by atoms with E-state index in [9.17, 15) is 9.18 Å². The van der Waals surface area contributed by atoms with E-state index >= 15 is 0 Å². The van der Waals surface area contributed by atoms with E-state index in [-0.39, 0.29) is 11.7 Å². The van der Waals surface area contributed by atoms with Crippen LogP contribution in [0, 0.1) is 5.82 Å². The molecule has 1 aliphatic rings. The Morgan fingerprint density at radius 2 is 2.00 bits per heavy atom. The Balaban J connectivity index is 1.35. The highest BCUT2D eigenvalue weighted by Crippen LogP contribution is 2.23. The molecule has 1 N–H and O–H groups in total. The van der Waals surface area contributed by atoms with E-state index in [0.29, 0.717) is 25.3 Å². The van der Waals surface area contributed by atoms with Gasteiger partial charge in [0.1, 0.15) is 5.82 Å². The van der Waals surface area contributed by atoms with Crippen LogP contribution in [0.2, 0.25) is 0 Å². The van der Waals surface area contributed by atoms with Crippen LogP contribution in [0.15, 0.2) is 47.8 Å².